The van der Waals surface area contributed by atoms with Crippen LogP contribution >= 0.6 is 0 Å². The standard InChI is InChI=1S/C29H25N3O/c1-3-23-20(2)29-31(21-12-6-4-7-13-21)26-18-19-27(33-22-14-8-5-9-15-22)30-28(26)32(29)25-17-11-10-16-24(23)25/h3-20,23,29H,1H2,2H3. The van der Waals surface area contributed by atoms with Gasteiger partial charge in [-0.2, -0.15) is 4.98 Å². The monoisotopic (exact) mass is 431 g/mol. The van der Waals surface area contributed by atoms with E-state index >= 15 is 0 Å². The lowest BCUT2D eigenvalue weighted by Gasteiger charge is -2.44. The molecule has 0 fully saturated rings. The van der Waals surface area contributed by atoms with Gasteiger partial charge in [0.15, 0.2) is 5.82 Å². The van der Waals surface area contributed by atoms with Crippen LogP contribution in [-0.2, 0) is 0 Å². The van der Waals surface area contributed by atoms with E-state index in [1.807, 2.05) is 36.4 Å². The van der Waals surface area contributed by atoms with Crippen LogP contribution in [0.1, 0.15) is 18.4 Å². The number of rotatable bonds is 4. The van der Waals surface area contributed by atoms with Crippen molar-refractivity contribution in [2.45, 2.75) is 19.0 Å². The number of pyridine rings is 1. The molecule has 3 heterocycles. The van der Waals surface area contributed by atoms with Crippen LogP contribution in [0.4, 0.5) is 22.9 Å². The molecule has 0 bridgehead atoms. The fourth-order valence-electron chi connectivity index (χ4n) is 5.24. The molecule has 2 aliphatic heterocycles. The summed E-state index contributed by atoms with van der Waals surface area (Å²) in [5.74, 6) is 2.83. The maximum Gasteiger partial charge on any atom is 0.221 e. The molecule has 162 valence electrons. The second-order valence-corrected chi connectivity index (χ2v) is 8.58. The highest BCUT2D eigenvalue weighted by Crippen LogP contribution is 2.55. The second kappa shape index (κ2) is 7.82. The maximum atomic E-state index is 6.11. The van der Waals surface area contributed by atoms with Crippen LogP contribution in [0.3, 0.4) is 0 Å². The van der Waals surface area contributed by atoms with Crippen molar-refractivity contribution < 1.29 is 4.74 Å². The summed E-state index contributed by atoms with van der Waals surface area (Å²) in [7, 11) is 0. The van der Waals surface area contributed by atoms with Crippen molar-refractivity contribution in [2.75, 3.05) is 9.80 Å². The molecular weight excluding hydrogens is 406 g/mol. The minimum atomic E-state index is 0.0831. The third-order valence-corrected chi connectivity index (χ3v) is 6.69. The predicted octanol–water partition coefficient (Wildman–Crippen LogP) is 7.41. The van der Waals surface area contributed by atoms with Crippen molar-refractivity contribution in [3.63, 3.8) is 0 Å². The summed E-state index contributed by atoms with van der Waals surface area (Å²) in [6.07, 6.45) is 2.17. The molecule has 33 heavy (non-hydrogen) atoms. The Morgan fingerprint density at radius 1 is 0.788 bits per heavy atom. The van der Waals surface area contributed by atoms with E-state index in [0.29, 0.717) is 11.8 Å². The zero-order valence-corrected chi connectivity index (χ0v) is 18.5. The highest BCUT2D eigenvalue weighted by atomic mass is 16.5. The lowest BCUT2D eigenvalue weighted by atomic mass is 9.80. The number of ether oxygens (including phenoxy) is 1. The summed E-state index contributed by atoms with van der Waals surface area (Å²) in [4.78, 5) is 9.81. The number of aromatic nitrogens is 1. The van der Waals surface area contributed by atoms with Gasteiger partial charge in [0, 0.05) is 29.3 Å². The molecule has 0 radical (unpaired) electrons. The van der Waals surface area contributed by atoms with E-state index in [1.54, 1.807) is 0 Å². The van der Waals surface area contributed by atoms with E-state index in [4.69, 9.17) is 9.72 Å². The number of para-hydroxylation sites is 3. The molecule has 3 aromatic carbocycles. The fraction of sp³-hybridized carbons (Fsp3) is 0.138. The lowest BCUT2D eigenvalue weighted by Crippen LogP contribution is -2.48. The molecule has 1 aromatic heterocycles. The van der Waals surface area contributed by atoms with Gasteiger partial charge in [-0.15, -0.1) is 6.58 Å². The van der Waals surface area contributed by atoms with E-state index in [2.05, 4.69) is 90.0 Å². The van der Waals surface area contributed by atoms with Gasteiger partial charge in [0.05, 0.1) is 5.69 Å². The molecule has 0 N–H and O–H groups in total. The van der Waals surface area contributed by atoms with E-state index in [0.717, 1.165) is 22.9 Å². The Morgan fingerprint density at radius 2 is 1.48 bits per heavy atom. The van der Waals surface area contributed by atoms with E-state index in [9.17, 15) is 0 Å². The Morgan fingerprint density at radius 3 is 2.24 bits per heavy atom. The molecular formula is C29H25N3O. The Hall–Kier alpha value is -4.05. The average molecular weight is 432 g/mol. The Bertz CT molecular complexity index is 1310. The quantitative estimate of drug-likeness (QED) is 0.315. The lowest BCUT2D eigenvalue weighted by molar-refractivity contribution is 0.408. The van der Waals surface area contributed by atoms with Crippen LogP contribution in [0.2, 0.25) is 0 Å². The number of allylic oxidation sites excluding steroid dienone is 1. The van der Waals surface area contributed by atoms with Crippen molar-refractivity contribution in [3.8, 4) is 11.6 Å². The van der Waals surface area contributed by atoms with Gasteiger partial charge in [0.1, 0.15) is 11.9 Å². The van der Waals surface area contributed by atoms with Crippen LogP contribution in [0, 0.1) is 5.92 Å². The molecule has 0 saturated carbocycles. The van der Waals surface area contributed by atoms with Crippen LogP contribution in [0.15, 0.2) is 110 Å². The van der Waals surface area contributed by atoms with Gasteiger partial charge in [0.2, 0.25) is 5.88 Å². The van der Waals surface area contributed by atoms with Gasteiger partial charge in [-0.05, 0) is 42.0 Å². The first-order valence-corrected chi connectivity index (χ1v) is 11.3. The molecule has 0 amide bonds. The van der Waals surface area contributed by atoms with Gasteiger partial charge < -0.3 is 14.5 Å². The van der Waals surface area contributed by atoms with Crippen LogP contribution in [-0.4, -0.2) is 11.1 Å². The molecule has 3 atom stereocenters. The zero-order chi connectivity index (χ0) is 22.4. The highest BCUT2D eigenvalue weighted by Gasteiger charge is 2.48. The zero-order valence-electron chi connectivity index (χ0n) is 18.5. The molecule has 0 saturated heterocycles. The number of benzene rings is 3. The van der Waals surface area contributed by atoms with Crippen LogP contribution < -0.4 is 14.5 Å². The molecule has 2 aliphatic rings. The summed E-state index contributed by atoms with van der Waals surface area (Å²) >= 11 is 0. The van der Waals surface area contributed by atoms with Gasteiger partial charge >= 0.3 is 0 Å². The van der Waals surface area contributed by atoms with Gasteiger partial charge in [-0.25, -0.2) is 0 Å². The van der Waals surface area contributed by atoms with Gasteiger partial charge in [-0.3, -0.25) is 0 Å². The average Bonchev–Trinajstić information content (AvgIpc) is 3.21. The first-order valence-electron chi connectivity index (χ1n) is 11.3. The Labute approximate surface area is 194 Å². The molecule has 4 heteroatoms. The largest absolute Gasteiger partial charge is 0.439 e. The SMILES string of the molecule is C=CC1c2ccccc2N2c3nc(Oc4ccccc4)ccc3N(c3ccccc3)C2C1C. The number of nitrogens with zero attached hydrogens (tertiary/aromatic N) is 3. The third kappa shape index (κ3) is 3.10. The van der Waals surface area contributed by atoms with Crippen LogP contribution in [0.25, 0.3) is 0 Å². The van der Waals surface area contributed by atoms with Crippen molar-refractivity contribution in [1.29, 1.82) is 0 Å². The van der Waals surface area contributed by atoms with Crippen molar-refractivity contribution in [3.05, 3.63) is 115 Å². The van der Waals surface area contributed by atoms with E-state index < -0.39 is 0 Å². The van der Waals surface area contributed by atoms with Gasteiger partial charge in [-0.1, -0.05) is 67.6 Å². The number of hydrogen-bond acceptors (Lipinski definition) is 4. The van der Waals surface area contributed by atoms with E-state index in [1.165, 1.54) is 11.3 Å². The normalized spacial score (nSPS) is 20.6. The summed E-state index contributed by atoms with van der Waals surface area (Å²) in [5.41, 5.74) is 4.69. The first kappa shape index (κ1) is 19.6. The molecule has 0 spiro atoms. The predicted molar refractivity (Wildman–Crippen MR) is 134 cm³/mol. The molecule has 4 nitrogen and oxygen atoms in total. The second-order valence-electron chi connectivity index (χ2n) is 8.58. The summed E-state index contributed by atoms with van der Waals surface area (Å²) < 4.78 is 6.11. The smallest absolute Gasteiger partial charge is 0.221 e. The number of hydrogen-bond donors (Lipinski definition) is 0. The van der Waals surface area contributed by atoms with Crippen molar-refractivity contribution in [1.82, 2.24) is 4.98 Å². The minimum absolute atomic E-state index is 0.0831. The molecule has 0 aliphatic carbocycles. The Kier molecular flexibility index (Phi) is 4.65. The molecule has 6 rings (SSSR count). The van der Waals surface area contributed by atoms with Crippen LogP contribution in [0.5, 0.6) is 11.6 Å². The van der Waals surface area contributed by atoms with E-state index in [-0.39, 0.29) is 12.1 Å². The first-order chi connectivity index (χ1) is 16.3. The summed E-state index contributed by atoms with van der Waals surface area (Å²) in [6.45, 7) is 6.49. The van der Waals surface area contributed by atoms with Gasteiger partial charge in [0.25, 0.3) is 0 Å². The van der Waals surface area contributed by atoms with Crippen molar-refractivity contribution in [2.24, 2.45) is 5.92 Å². The number of fused-ring (bicyclic) bond motifs is 5. The van der Waals surface area contributed by atoms with Crippen molar-refractivity contribution >= 4 is 22.9 Å². The fourth-order valence-corrected chi connectivity index (χ4v) is 5.24. The topological polar surface area (TPSA) is 28.6 Å². The minimum Gasteiger partial charge on any atom is -0.439 e. The molecule has 4 aromatic rings. The summed E-state index contributed by atoms with van der Waals surface area (Å²) in [6, 6.07) is 33.1. The maximum absolute atomic E-state index is 6.11. The Balaban J connectivity index is 1.54. The third-order valence-electron chi connectivity index (χ3n) is 6.69. The highest BCUT2D eigenvalue weighted by molar-refractivity contribution is 5.88. The number of anilines is 4. The molecule has 3 unspecified atom stereocenters. The summed E-state index contributed by atoms with van der Waals surface area (Å²) in [5, 5.41) is 0.